The van der Waals surface area contributed by atoms with E-state index in [1.807, 2.05) is 0 Å². The van der Waals surface area contributed by atoms with Crippen LogP contribution in [0.25, 0.3) is 22.5 Å². The molecule has 0 radical (unpaired) electrons. The smallest absolute Gasteiger partial charge is 0.309 e. The molecule has 0 spiro atoms. The summed E-state index contributed by atoms with van der Waals surface area (Å²) in [7, 11) is 0. The van der Waals surface area contributed by atoms with Gasteiger partial charge in [0.2, 0.25) is 0 Å². The van der Waals surface area contributed by atoms with Gasteiger partial charge in [-0.15, -0.1) is 0 Å². The van der Waals surface area contributed by atoms with Crippen LogP contribution < -0.4 is 11.1 Å². The highest BCUT2D eigenvalue weighted by molar-refractivity contribution is 5.93. The summed E-state index contributed by atoms with van der Waals surface area (Å²) in [6.45, 7) is 3.18. The monoisotopic (exact) mass is 737 g/mol. The number of rotatable bonds is 7. The Kier molecular flexibility index (Phi) is 10.8. The van der Waals surface area contributed by atoms with E-state index in [-0.39, 0.29) is 28.8 Å². The fraction of sp³-hybridized carbons (Fsp3) is 0.333. The number of nitrogens with one attached hydrogen (secondary N) is 1. The van der Waals surface area contributed by atoms with Gasteiger partial charge in [0.1, 0.15) is 17.5 Å². The van der Waals surface area contributed by atoms with Crippen molar-refractivity contribution < 1.29 is 32.4 Å². The van der Waals surface area contributed by atoms with Crippen molar-refractivity contribution in [3.63, 3.8) is 0 Å². The summed E-state index contributed by atoms with van der Waals surface area (Å²) in [6.07, 6.45) is 8.39. The number of likely N-dealkylation sites (tertiary alicyclic amines) is 1. The summed E-state index contributed by atoms with van der Waals surface area (Å²) in [5.41, 5.74) is 14.1. The molecule has 1 saturated carbocycles. The van der Waals surface area contributed by atoms with E-state index in [1.54, 1.807) is 6.07 Å². The zero-order valence-corrected chi connectivity index (χ0v) is 29.9. The van der Waals surface area contributed by atoms with Crippen molar-refractivity contribution in [2.24, 2.45) is 5.92 Å². The van der Waals surface area contributed by atoms with Gasteiger partial charge in [-0.25, -0.2) is 13.2 Å². The Hall–Kier alpha value is -5.49. The van der Waals surface area contributed by atoms with Gasteiger partial charge >= 0.3 is 5.97 Å². The number of aromatic nitrogens is 2. The second-order valence-corrected chi connectivity index (χ2v) is 14.4. The van der Waals surface area contributed by atoms with Crippen LogP contribution in [0.1, 0.15) is 84.2 Å². The molecule has 0 bridgehead atoms. The van der Waals surface area contributed by atoms with E-state index < -0.39 is 35.5 Å². The van der Waals surface area contributed by atoms with E-state index >= 15 is 0 Å². The van der Waals surface area contributed by atoms with Crippen LogP contribution in [0.3, 0.4) is 0 Å². The predicted octanol–water partition coefficient (Wildman–Crippen LogP) is 7.98. The molecule has 1 saturated heterocycles. The molecule has 4 N–H and O–H groups in total. The Morgan fingerprint density at radius 3 is 2.43 bits per heavy atom. The maximum Gasteiger partial charge on any atom is 0.309 e. The second kappa shape index (κ2) is 15.9. The van der Waals surface area contributed by atoms with Crippen LogP contribution in [-0.4, -0.2) is 57.2 Å². The number of hydrogen-bond donors (Lipinski definition) is 3. The van der Waals surface area contributed by atoms with Crippen molar-refractivity contribution in [1.29, 1.82) is 0 Å². The molecule has 2 aliphatic carbocycles. The standard InChI is InChI=1S/C22H25F2N3O4.C20H17FN2/c23-13-6-7-15(17(24)10-13)20-11-19(26-31-20)21(28)25-18-8-9-27(12-16(18)22(29)30)14-4-2-1-3-5-14;1-12(19-9-6-14(21)11-23-19)15-7-8-17-16-5-3-2-4-13(16)10-18(17)20(15)22/h6-7,10-11,14,16,18H,1-5,8-9,12H2,(H,25,28)(H,29,30);2-9,11-12H,10,22H2,1H3/t16-,18-;/m0./s1. The minimum absolute atomic E-state index is 0.00967. The Labute approximate surface area is 311 Å². The van der Waals surface area contributed by atoms with E-state index in [2.05, 4.69) is 63.7 Å². The quantitative estimate of drug-likeness (QED) is 0.141. The summed E-state index contributed by atoms with van der Waals surface area (Å²) in [6, 6.07) is 19.9. The number of piperidine rings is 1. The highest BCUT2D eigenvalue weighted by Crippen LogP contribution is 2.42. The molecule has 9 nitrogen and oxygen atoms in total. The first kappa shape index (κ1) is 36.9. The van der Waals surface area contributed by atoms with E-state index in [9.17, 15) is 27.9 Å². The lowest BCUT2D eigenvalue weighted by Crippen LogP contribution is -2.56. The van der Waals surface area contributed by atoms with E-state index in [1.165, 1.54) is 65.9 Å². The fourth-order valence-corrected chi connectivity index (χ4v) is 8.05. The maximum absolute atomic E-state index is 14.0. The van der Waals surface area contributed by atoms with Gasteiger partial charge in [-0.05, 0) is 71.3 Å². The summed E-state index contributed by atoms with van der Waals surface area (Å²) in [4.78, 5) is 31.0. The van der Waals surface area contributed by atoms with Gasteiger partial charge in [0.25, 0.3) is 5.91 Å². The molecule has 1 unspecified atom stereocenters. The van der Waals surface area contributed by atoms with Crippen molar-refractivity contribution in [2.45, 2.75) is 69.9 Å². The molecule has 2 fully saturated rings. The number of halogens is 3. The number of amides is 1. The lowest BCUT2D eigenvalue weighted by Gasteiger charge is -2.42. The van der Waals surface area contributed by atoms with Gasteiger partial charge in [-0.2, -0.15) is 0 Å². The molecule has 280 valence electrons. The topological polar surface area (TPSA) is 135 Å². The molecule has 1 amide bonds. The second-order valence-electron chi connectivity index (χ2n) is 14.4. The summed E-state index contributed by atoms with van der Waals surface area (Å²) in [5, 5.41) is 16.2. The number of nitrogen functional groups attached to an aromatic ring is 1. The molecule has 3 atom stereocenters. The highest BCUT2D eigenvalue weighted by Gasteiger charge is 2.38. The lowest BCUT2D eigenvalue weighted by atomic mass is 9.87. The van der Waals surface area contributed by atoms with Crippen molar-refractivity contribution >= 4 is 17.6 Å². The minimum Gasteiger partial charge on any atom is -0.481 e. The fourth-order valence-electron chi connectivity index (χ4n) is 8.05. The van der Waals surface area contributed by atoms with Gasteiger partial charge in [0.15, 0.2) is 11.5 Å². The summed E-state index contributed by atoms with van der Waals surface area (Å²) in [5.74, 6) is -4.10. The predicted molar refractivity (Wildman–Crippen MR) is 198 cm³/mol. The molecule has 8 rings (SSSR count). The number of carbonyl (C=O) groups is 2. The maximum atomic E-state index is 14.0. The van der Waals surface area contributed by atoms with Crippen LogP contribution in [-0.2, 0) is 11.2 Å². The zero-order chi connectivity index (χ0) is 37.9. The van der Waals surface area contributed by atoms with Gasteiger partial charge in [-0.3, -0.25) is 19.5 Å². The number of fused-ring (bicyclic) bond motifs is 3. The average Bonchev–Trinajstić information content (AvgIpc) is 3.82. The van der Waals surface area contributed by atoms with Gasteiger partial charge in [-0.1, -0.05) is 67.7 Å². The SMILES string of the molecule is CC(c1ccc(F)cn1)c1ccc2c(c1N)Cc1ccccc1-2.O=C(N[C@H]1CCN(C2CCCCC2)C[C@@H]1C(=O)O)c1cc(-c2ccc(F)cc2F)on1. The molecule has 3 aliphatic rings. The van der Waals surface area contributed by atoms with Crippen LogP contribution in [0, 0.1) is 23.4 Å². The first-order valence-corrected chi connectivity index (χ1v) is 18.4. The van der Waals surface area contributed by atoms with Crippen molar-refractivity contribution in [3.8, 4) is 22.5 Å². The Morgan fingerprint density at radius 2 is 1.69 bits per heavy atom. The number of nitrogens with zero attached hydrogens (tertiary/aromatic N) is 3. The molecule has 12 heteroatoms. The first-order chi connectivity index (χ1) is 26.1. The van der Waals surface area contributed by atoms with Gasteiger partial charge < -0.3 is 20.7 Å². The number of aliphatic carboxylic acids is 1. The van der Waals surface area contributed by atoms with Crippen molar-refractivity contribution in [3.05, 3.63) is 125 Å². The third kappa shape index (κ3) is 7.75. The zero-order valence-electron chi connectivity index (χ0n) is 29.9. The molecule has 3 heterocycles. The third-order valence-electron chi connectivity index (χ3n) is 11.0. The van der Waals surface area contributed by atoms with Crippen LogP contribution in [0.15, 0.2) is 83.5 Å². The average molecular weight is 738 g/mol. The largest absolute Gasteiger partial charge is 0.481 e. The molecule has 54 heavy (non-hydrogen) atoms. The number of carboxylic acid groups (broad SMARTS) is 1. The van der Waals surface area contributed by atoms with Crippen LogP contribution in [0.4, 0.5) is 18.9 Å². The molecular weight excluding hydrogens is 695 g/mol. The van der Waals surface area contributed by atoms with Crippen molar-refractivity contribution in [1.82, 2.24) is 20.4 Å². The molecule has 5 aromatic rings. The van der Waals surface area contributed by atoms with E-state index in [0.717, 1.165) is 54.9 Å². The molecule has 2 aromatic heterocycles. The molecular formula is C42H42F3N5O4. The van der Waals surface area contributed by atoms with E-state index in [0.29, 0.717) is 19.0 Å². The van der Waals surface area contributed by atoms with Crippen LogP contribution in [0.2, 0.25) is 0 Å². The minimum atomic E-state index is -0.944. The first-order valence-electron chi connectivity index (χ1n) is 18.4. The number of carboxylic acids is 1. The number of carbonyl (C=O) groups excluding carboxylic acids is 1. The number of nitrogens with two attached hydrogens (primary N) is 1. The van der Waals surface area contributed by atoms with Crippen LogP contribution >= 0.6 is 0 Å². The number of benzene rings is 3. The van der Waals surface area contributed by atoms with Crippen molar-refractivity contribution in [2.75, 3.05) is 18.8 Å². The lowest BCUT2D eigenvalue weighted by molar-refractivity contribution is -0.145. The highest BCUT2D eigenvalue weighted by atomic mass is 19.1. The summed E-state index contributed by atoms with van der Waals surface area (Å²) < 4.78 is 45.2. The normalized spacial score (nSPS) is 18.9. The molecule has 3 aromatic carbocycles. The number of anilines is 1. The Balaban J connectivity index is 0.000000174. The number of hydrogen-bond acceptors (Lipinski definition) is 7. The Bertz CT molecular complexity index is 2150. The summed E-state index contributed by atoms with van der Waals surface area (Å²) >= 11 is 0. The van der Waals surface area contributed by atoms with Gasteiger partial charge in [0, 0.05) is 61.0 Å². The third-order valence-corrected chi connectivity index (χ3v) is 11.0. The van der Waals surface area contributed by atoms with E-state index in [4.69, 9.17) is 10.3 Å². The van der Waals surface area contributed by atoms with Gasteiger partial charge in [0.05, 0.1) is 17.7 Å². The van der Waals surface area contributed by atoms with Crippen LogP contribution in [0.5, 0.6) is 0 Å². The molecule has 1 aliphatic heterocycles. The number of pyridine rings is 1. The Morgan fingerprint density at radius 1 is 0.926 bits per heavy atom.